The number of carbonyl (C=O) groups is 1. The summed E-state index contributed by atoms with van der Waals surface area (Å²) in [6, 6.07) is -0.879. The van der Waals surface area contributed by atoms with Crippen LogP contribution in [0.15, 0.2) is 24.3 Å². The Balaban J connectivity index is 4.50. The molecule has 0 spiro atoms. The van der Waals surface area contributed by atoms with E-state index in [0.717, 1.165) is 38.5 Å². The van der Waals surface area contributed by atoms with Crippen LogP contribution in [0.4, 0.5) is 0 Å². The van der Waals surface area contributed by atoms with E-state index in [9.17, 15) is 25.2 Å². The van der Waals surface area contributed by atoms with Crippen molar-refractivity contribution in [3.05, 3.63) is 24.3 Å². The molecule has 0 aromatic rings. The van der Waals surface area contributed by atoms with Gasteiger partial charge in [-0.25, -0.2) is 0 Å². The quantitative estimate of drug-likeness (QED) is 0.0591. The van der Waals surface area contributed by atoms with Crippen LogP contribution in [-0.2, 0) is 9.53 Å². The Labute approximate surface area is 243 Å². The summed E-state index contributed by atoms with van der Waals surface area (Å²) < 4.78 is 5.42. The lowest BCUT2D eigenvalue weighted by atomic mass is 9.99. The minimum absolute atomic E-state index is 0.130. The maximum atomic E-state index is 12.5. The second-order valence-electron chi connectivity index (χ2n) is 10.9. The molecule has 0 aliphatic carbocycles. The predicted octanol–water partition coefficient (Wildman–Crippen LogP) is 4.71. The van der Waals surface area contributed by atoms with Gasteiger partial charge in [0.1, 0.15) is 18.3 Å². The van der Waals surface area contributed by atoms with Crippen molar-refractivity contribution in [1.29, 1.82) is 0 Å². The van der Waals surface area contributed by atoms with Gasteiger partial charge in [0.15, 0.2) is 0 Å². The monoisotopic (exact) mass is 571 g/mol. The molecule has 0 aromatic carbocycles. The van der Waals surface area contributed by atoms with Crippen molar-refractivity contribution in [2.45, 2.75) is 153 Å². The van der Waals surface area contributed by atoms with Gasteiger partial charge < -0.3 is 35.6 Å². The zero-order chi connectivity index (χ0) is 29.8. The van der Waals surface area contributed by atoms with Crippen LogP contribution in [0.2, 0.25) is 0 Å². The first-order valence-corrected chi connectivity index (χ1v) is 15.9. The average molecular weight is 572 g/mol. The van der Waals surface area contributed by atoms with Crippen LogP contribution in [-0.4, -0.2) is 81.7 Å². The Kier molecular flexibility index (Phi) is 27.0. The van der Waals surface area contributed by atoms with Crippen LogP contribution in [0.5, 0.6) is 0 Å². The topological polar surface area (TPSA) is 139 Å². The van der Waals surface area contributed by atoms with E-state index in [4.69, 9.17) is 9.84 Å². The molecular weight excluding hydrogens is 510 g/mol. The third-order valence-electron chi connectivity index (χ3n) is 7.09. The molecule has 0 saturated heterocycles. The fourth-order valence-corrected chi connectivity index (χ4v) is 4.42. The molecular formula is C32H61NO7. The summed E-state index contributed by atoms with van der Waals surface area (Å²) in [4.78, 5) is 12.5. The number of rotatable bonds is 28. The lowest BCUT2D eigenvalue weighted by Crippen LogP contribution is -2.51. The van der Waals surface area contributed by atoms with Gasteiger partial charge in [0, 0.05) is 6.42 Å². The van der Waals surface area contributed by atoms with Crippen LogP contribution in [0.25, 0.3) is 0 Å². The minimum Gasteiger partial charge on any atom is -0.394 e. The number of nitrogens with one attached hydrogen (secondary N) is 1. The van der Waals surface area contributed by atoms with E-state index in [1.807, 2.05) is 6.08 Å². The molecule has 0 heterocycles. The third-order valence-corrected chi connectivity index (χ3v) is 7.09. The molecule has 1 amide bonds. The van der Waals surface area contributed by atoms with Gasteiger partial charge in [0.2, 0.25) is 5.91 Å². The van der Waals surface area contributed by atoms with E-state index in [1.165, 1.54) is 57.8 Å². The van der Waals surface area contributed by atoms with Crippen LogP contribution in [0.3, 0.4) is 0 Å². The first kappa shape index (κ1) is 38.7. The summed E-state index contributed by atoms with van der Waals surface area (Å²) in [6.45, 7) is 3.32. The van der Waals surface area contributed by atoms with Crippen molar-refractivity contribution in [1.82, 2.24) is 5.32 Å². The van der Waals surface area contributed by atoms with E-state index in [2.05, 4.69) is 31.3 Å². The fourth-order valence-electron chi connectivity index (χ4n) is 4.42. The zero-order valence-corrected chi connectivity index (χ0v) is 25.4. The van der Waals surface area contributed by atoms with Gasteiger partial charge in [-0.15, -0.1) is 0 Å². The summed E-state index contributed by atoms with van der Waals surface area (Å²) in [5, 5.41) is 52.4. The van der Waals surface area contributed by atoms with E-state index in [1.54, 1.807) is 6.08 Å². The van der Waals surface area contributed by atoms with Crippen LogP contribution < -0.4 is 5.32 Å². The Morgan fingerprint density at radius 1 is 0.700 bits per heavy atom. The third kappa shape index (κ3) is 22.4. The standard InChI is InChI=1S/C32H61NO7/c1-3-5-7-9-11-12-13-14-15-17-18-20-22-28(35)32(39)27(25-40-26-30(37)29(36)24-34)33-31(38)23-21-19-16-10-8-6-4-2/h8,10,19,21,27-30,32,34-37,39H,3-7,9,11-18,20,22-26H2,1-2H3,(H,33,38)/t27-,28+,29-,30?,32-/m0/s1. The highest BCUT2D eigenvalue weighted by atomic mass is 16.5. The largest absolute Gasteiger partial charge is 0.394 e. The lowest BCUT2D eigenvalue weighted by Gasteiger charge is -2.28. The average Bonchev–Trinajstić information content (AvgIpc) is 2.95. The zero-order valence-electron chi connectivity index (χ0n) is 25.4. The molecule has 0 radical (unpaired) electrons. The maximum absolute atomic E-state index is 12.5. The molecule has 0 saturated carbocycles. The fraction of sp³-hybridized carbons (Fsp3) is 0.844. The molecule has 1 unspecified atom stereocenters. The molecule has 6 N–H and O–H groups in total. The molecule has 0 aliphatic heterocycles. The lowest BCUT2D eigenvalue weighted by molar-refractivity contribution is -0.124. The molecule has 0 aliphatic rings. The molecule has 0 aromatic heterocycles. The Bertz CT molecular complexity index is 628. The van der Waals surface area contributed by atoms with E-state index < -0.39 is 37.1 Å². The SMILES string of the molecule is CCCC=CCC=CCC(=O)N[C@@H](COCC(O)[C@@H](O)CO)[C@H](O)[C@H](O)CCCCCCCCCCCCCC. The Morgan fingerprint density at radius 3 is 1.85 bits per heavy atom. The van der Waals surface area contributed by atoms with Crippen LogP contribution >= 0.6 is 0 Å². The Morgan fingerprint density at radius 2 is 1.27 bits per heavy atom. The molecule has 236 valence electrons. The molecule has 8 heteroatoms. The molecule has 0 bridgehead atoms. The number of aliphatic hydroxyl groups excluding tert-OH is 5. The first-order chi connectivity index (χ1) is 19.4. The smallest absolute Gasteiger partial charge is 0.224 e. The van der Waals surface area contributed by atoms with Gasteiger partial charge in [0.25, 0.3) is 0 Å². The van der Waals surface area contributed by atoms with Gasteiger partial charge in [-0.1, -0.05) is 122 Å². The van der Waals surface area contributed by atoms with Gasteiger partial charge in [0.05, 0.1) is 32.0 Å². The van der Waals surface area contributed by atoms with Crippen molar-refractivity contribution < 1.29 is 35.1 Å². The number of hydrogen-bond acceptors (Lipinski definition) is 7. The number of aliphatic hydroxyl groups is 5. The first-order valence-electron chi connectivity index (χ1n) is 15.9. The number of allylic oxidation sites excluding steroid dienone is 3. The second-order valence-corrected chi connectivity index (χ2v) is 10.9. The summed E-state index contributed by atoms with van der Waals surface area (Å²) in [5.41, 5.74) is 0. The minimum atomic E-state index is -1.34. The number of hydrogen-bond donors (Lipinski definition) is 6. The molecule has 8 nitrogen and oxygen atoms in total. The molecule has 0 rings (SSSR count). The van der Waals surface area contributed by atoms with Crippen LogP contribution in [0.1, 0.15) is 123 Å². The van der Waals surface area contributed by atoms with Gasteiger partial charge >= 0.3 is 0 Å². The van der Waals surface area contributed by atoms with Crippen molar-refractivity contribution in [3.63, 3.8) is 0 Å². The summed E-state index contributed by atoms with van der Waals surface area (Å²) in [6.07, 6.45) is 20.9. The highest BCUT2D eigenvalue weighted by Gasteiger charge is 2.28. The summed E-state index contributed by atoms with van der Waals surface area (Å²) >= 11 is 0. The number of carbonyl (C=O) groups excluding carboxylic acids is 1. The van der Waals surface area contributed by atoms with Crippen molar-refractivity contribution in [2.24, 2.45) is 0 Å². The van der Waals surface area contributed by atoms with Crippen LogP contribution in [0, 0.1) is 0 Å². The maximum Gasteiger partial charge on any atom is 0.224 e. The van der Waals surface area contributed by atoms with Gasteiger partial charge in [-0.05, 0) is 19.3 Å². The second kappa shape index (κ2) is 27.9. The highest BCUT2D eigenvalue weighted by Crippen LogP contribution is 2.15. The van der Waals surface area contributed by atoms with Crippen molar-refractivity contribution in [3.8, 4) is 0 Å². The van der Waals surface area contributed by atoms with Gasteiger partial charge in [-0.3, -0.25) is 4.79 Å². The normalized spacial score (nSPS) is 15.9. The summed E-state index contributed by atoms with van der Waals surface area (Å²) in [5.74, 6) is -0.310. The molecule has 0 fully saturated rings. The highest BCUT2D eigenvalue weighted by molar-refractivity contribution is 5.77. The predicted molar refractivity (Wildman–Crippen MR) is 162 cm³/mol. The van der Waals surface area contributed by atoms with E-state index in [-0.39, 0.29) is 25.5 Å². The number of amides is 1. The van der Waals surface area contributed by atoms with Crippen molar-refractivity contribution >= 4 is 5.91 Å². The van der Waals surface area contributed by atoms with E-state index in [0.29, 0.717) is 6.42 Å². The number of ether oxygens (including phenoxy) is 1. The number of unbranched alkanes of at least 4 members (excludes halogenated alkanes) is 12. The Hall–Kier alpha value is -1.29. The van der Waals surface area contributed by atoms with E-state index >= 15 is 0 Å². The van der Waals surface area contributed by atoms with Gasteiger partial charge in [-0.2, -0.15) is 0 Å². The summed E-state index contributed by atoms with van der Waals surface area (Å²) in [7, 11) is 0. The molecule has 5 atom stereocenters. The molecule has 40 heavy (non-hydrogen) atoms. The van der Waals surface area contributed by atoms with Crippen molar-refractivity contribution in [2.75, 3.05) is 19.8 Å².